The van der Waals surface area contributed by atoms with Gasteiger partial charge in [0.15, 0.2) is 0 Å². The van der Waals surface area contributed by atoms with Crippen molar-refractivity contribution in [2.75, 3.05) is 10.2 Å². The molecule has 11 nitrogen and oxygen atoms in total. The molecule has 4 amide bonds. The van der Waals surface area contributed by atoms with Crippen LogP contribution in [0.15, 0.2) is 55.0 Å². The van der Waals surface area contributed by atoms with Gasteiger partial charge in [-0.25, -0.2) is 24.6 Å². The minimum Gasteiger partial charge on any atom is -0.437 e. The van der Waals surface area contributed by atoms with Crippen LogP contribution < -0.4 is 25.6 Å². The maximum Gasteiger partial charge on any atom is 0.332 e. The van der Waals surface area contributed by atoms with Gasteiger partial charge in [-0.05, 0) is 43.5 Å². The number of ether oxygens (including phenoxy) is 1. The maximum atomic E-state index is 13.3. The van der Waals surface area contributed by atoms with E-state index in [1.54, 1.807) is 42.7 Å². The van der Waals surface area contributed by atoms with Crippen LogP contribution in [0, 0.1) is 0 Å². The minimum atomic E-state index is -0.444. The van der Waals surface area contributed by atoms with Crippen LogP contribution in [0.25, 0.3) is 10.2 Å². The number of anilines is 3. The predicted molar refractivity (Wildman–Crippen MR) is 142 cm³/mol. The van der Waals surface area contributed by atoms with Gasteiger partial charge in [-0.3, -0.25) is 9.59 Å². The second-order valence-electron chi connectivity index (χ2n) is 9.02. The molecule has 2 atom stereocenters. The fourth-order valence-corrected chi connectivity index (χ4v) is 5.89. The van der Waals surface area contributed by atoms with Gasteiger partial charge in [-0.1, -0.05) is 6.07 Å². The monoisotopic (exact) mass is 529 g/mol. The molecular weight excluding hydrogens is 506 g/mol. The molecule has 0 saturated heterocycles. The number of hydrogen-bond donors (Lipinski definition) is 3. The molecule has 192 valence electrons. The molecule has 5 heterocycles. The number of carbonyl (C=O) groups excluding carboxylic acids is 3. The standard InChI is InChI=1S/C26H23N7O4S/c1-14(34)30-16-5-4-6-17(16)31-24(35)23-22-21-18(10-12-28-25(21)38-23)33(26(36)32-22)19-9-8-15(13-29-19)37-20-7-2-3-11-27-20/h2-3,7-13,16-17H,4-6H2,1H3,(H,30,34)(H,31,35)(H,32,36)/t16-,17+/m0/s1. The number of pyridine rings is 3. The van der Waals surface area contributed by atoms with Crippen molar-refractivity contribution in [3.05, 3.63) is 59.9 Å². The van der Waals surface area contributed by atoms with Crippen molar-refractivity contribution in [2.45, 2.75) is 38.3 Å². The van der Waals surface area contributed by atoms with Crippen molar-refractivity contribution < 1.29 is 19.1 Å². The number of hydrogen-bond acceptors (Lipinski definition) is 8. The Labute approximate surface area is 221 Å². The second-order valence-corrected chi connectivity index (χ2v) is 10.0. The van der Waals surface area contributed by atoms with Crippen LogP contribution in [0.1, 0.15) is 35.9 Å². The summed E-state index contributed by atoms with van der Waals surface area (Å²) in [5, 5.41) is 9.50. The van der Waals surface area contributed by atoms with E-state index in [9.17, 15) is 14.4 Å². The molecule has 0 aromatic carbocycles. The third-order valence-corrected chi connectivity index (χ3v) is 7.58. The van der Waals surface area contributed by atoms with Gasteiger partial charge >= 0.3 is 6.03 Å². The van der Waals surface area contributed by atoms with E-state index in [0.717, 1.165) is 19.3 Å². The van der Waals surface area contributed by atoms with Gasteiger partial charge in [-0.2, -0.15) is 0 Å². The summed E-state index contributed by atoms with van der Waals surface area (Å²) in [6.07, 6.45) is 7.24. The highest BCUT2D eigenvalue weighted by atomic mass is 32.1. The summed E-state index contributed by atoms with van der Waals surface area (Å²) in [7, 11) is 0. The van der Waals surface area contributed by atoms with Crippen LogP contribution in [0.3, 0.4) is 0 Å². The highest BCUT2D eigenvalue weighted by Crippen LogP contribution is 2.45. The van der Waals surface area contributed by atoms with Crippen LogP contribution >= 0.6 is 11.3 Å². The van der Waals surface area contributed by atoms with Gasteiger partial charge < -0.3 is 20.7 Å². The van der Waals surface area contributed by atoms with Gasteiger partial charge in [0.2, 0.25) is 11.8 Å². The van der Waals surface area contributed by atoms with Gasteiger partial charge in [-0.15, -0.1) is 11.3 Å². The third-order valence-electron chi connectivity index (χ3n) is 6.48. The first-order valence-electron chi connectivity index (χ1n) is 12.1. The van der Waals surface area contributed by atoms with E-state index in [4.69, 9.17) is 4.74 Å². The van der Waals surface area contributed by atoms with Gasteiger partial charge in [0.1, 0.15) is 21.3 Å². The molecule has 0 radical (unpaired) electrons. The summed E-state index contributed by atoms with van der Waals surface area (Å²) >= 11 is 1.21. The van der Waals surface area contributed by atoms with E-state index in [1.807, 2.05) is 6.07 Å². The summed E-state index contributed by atoms with van der Waals surface area (Å²) < 4.78 is 5.71. The van der Waals surface area contributed by atoms with Crippen molar-refractivity contribution in [2.24, 2.45) is 0 Å². The van der Waals surface area contributed by atoms with Crippen molar-refractivity contribution >= 4 is 56.6 Å². The maximum absolute atomic E-state index is 13.3. The Bertz CT molecular complexity index is 1540. The zero-order chi connectivity index (χ0) is 26.2. The third kappa shape index (κ3) is 4.39. The topological polar surface area (TPSA) is 138 Å². The molecule has 1 saturated carbocycles. The molecule has 4 aromatic heterocycles. The zero-order valence-electron chi connectivity index (χ0n) is 20.3. The number of nitrogens with one attached hydrogen (secondary N) is 3. The molecule has 6 rings (SSSR count). The first-order valence-corrected chi connectivity index (χ1v) is 12.9. The molecule has 1 aliphatic heterocycles. The van der Waals surface area contributed by atoms with Crippen molar-refractivity contribution in [3.63, 3.8) is 0 Å². The smallest absolute Gasteiger partial charge is 0.332 e. The lowest BCUT2D eigenvalue weighted by Crippen LogP contribution is -2.48. The molecular formula is C26H23N7O4S. The number of nitrogens with zero attached hydrogens (tertiary/aromatic N) is 4. The molecule has 0 unspecified atom stereocenters. The molecule has 1 fully saturated rings. The minimum absolute atomic E-state index is 0.114. The molecule has 1 aliphatic carbocycles. The van der Waals surface area contributed by atoms with Gasteiger partial charge in [0.05, 0.1) is 23.0 Å². The Morgan fingerprint density at radius 2 is 1.89 bits per heavy atom. The van der Waals surface area contributed by atoms with E-state index in [1.165, 1.54) is 29.4 Å². The number of rotatable bonds is 6. The zero-order valence-corrected chi connectivity index (χ0v) is 21.1. The van der Waals surface area contributed by atoms with E-state index in [2.05, 4.69) is 30.9 Å². The van der Waals surface area contributed by atoms with E-state index in [-0.39, 0.29) is 23.9 Å². The predicted octanol–water partition coefficient (Wildman–Crippen LogP) is 4.35. The van der Waals surface area contributed by atoms with Crippen LogP contribution in [-0.2, 0) is 4.79 Å². The van der Waals surface area contributed by atoms with E-state index >= 15 is 0 Å². The number of amides is 4. The van der Waals surface area contributed by atoms with Crippen molar-refractivity contribution in [1.82, 2.24) is 25.6 Å². The Hall–Kier alpha value is -4.58. The van der Waals surface area contributed by atoms with Crippen LogP contribution in [0.5, 0.6) is 11.6 Å². The Balaban J connectivity index is 1.29. The normalized spacial score (nSPS) is 18.2. The van der Waals surface area contributed by atoms with Gasteiger partial charge in [0, 0.05) is 37.5 Å². The lowest BCUT2D eigenvalue weighted by molar-refractivity contribution is -0.119. The molecule has 0 bridgehead atoms. The van der Waals surface area contributed by atoms with Gasteiger partial charge in [0.25, 0.3) is 5.91 Å². The number of carbonyl (C=O) groups is 3. The summed E-state index contributed by atoms with van der Waals surface area (Å²) in [6, 6.07) is 9.72. The van der Waals surface area contributed by atoms with Crippen LogP contribution in [0.2, 0.25) is 0 Å². The highest BCUT2D eigenvalue weighted by molar-refractivity contribution is 7.21. The van der Waals surface area contributed by atoms with E-state index in [0.29, 0.717) is 43.9 Å². The first kappa shape index (κ1) is 23.8. The molecule has 2 aliphatic rings. The van der Waals surface area contributed by atoms with E-state index < -0.39 is 6.03 Å². The highest BCUT2D eigenvalue weighted by Gasteiger charge is 2.35. The summed E-state index contributed by atoms with van der Waals surface area (Å²) in [6.45, 7) is 1.47. The largest absolute Gasteiger partial charge is 0.437 e. The number of aromatic nitrogens is 3. The first-order chi connectivity index (χ1) is 18.5. The number of urea groups is 1. The molecule has 0 spiro atoms. The van der Waals surface area contributed by atoms with Crippen molar-refractivity contribution in [3.8, 4) is 11.6 Å². The Kier molecular flexibility index (Phi) is 6.08. The molecule has 38 heavy (non-hydrogen) atoms. The SMILES string of the molecule is CC(=O)N[C@H]1CCC[C@H]1NC(=O)c1sc2nccc3c2c1NC(=O)N3c1ccc(Oc2ccccn2)cn1. The fourth-order valence-electron chi connectivity index (χ4n) is 4.87. The van der Waals surface area contributed by atoms with Crippen LogP contribution in [-0.4, -0.2) is 44.9 Å². The fraction of sp³-hybridized carbons (Fsp3) is 0.231. The summed E-state index contributed by atoms with van der Waals surface area (Å²) in [5.74, 6) is 0.862. The Morgan fingerprint density at radius 1 is 1.05 bits per heavy atom. The van der Waals surface area contributed by atoms with Crippen LogP contribution in [0.4, 0.5) is 22.0 Å². The Morgan fingerprint density at radius 3 is 2.63 bits per heavy atom. The lowest BCUT2D eigenvalue weighted by Gasteiger charge is -2.27. The van der Waals surface area contributed by atoms with Crippen molar-refractivity contribution in [1.29, 1.82) is 0 Å². The lowest BCUT2D eigenvalue weighted by atomic mass is 10.1. The number of thiophene rings is 1. The molecule has 3 N–H and O–H groups in total. The second kappa shape index (κ2) is 9.71. The summed E-state index contributed by atoms with van der Waals surface area (Å²) in [5.41, 5.74) is 1.00. The average Bonchev–Trinajstić information content (AvgIpc) is 3.50. The average molecular weight is 530 g/mol. The molecule has 4 aromatic rings. The summed E-state index contributed by atoms with van der Waals surface area (Å²) in [4.78, 5) is 53.6. The quantitative estimate of drug-likeness (QED) is 0.338. The molecule has 12 heteroatoms.